The van der Waals surface area contributed by atoms with Crippen LogP contribution in [-0.4, -0.2) is 18.0 Å². The first-order valence-electron chi connectivity index (χ1n) is 8.26. The number of rotatable bonds is 4. The number of fused-ring (bicyclic) bond motifs is 2. The smallest absolute Gasteiger partial charge is 0.224 e. The lowest BCUT2D eigenvalue weighted by molar-refractivity contribution is -0.117. The van der Waals surface area contributed by atoms with Crippen LogP contribution in [0.2, 0.25) is 0 Å². The quantitative estimate of drug-likeness (QED) is 0.876. The van der Waals surface area contributed by atoms with Crippen LogP contribution < -0.4 is 10.6 Å². The molecule has 2 atom stereocenters. The van der Waals surface area contributed by atoms with Gasteiger partial charge >= 0.3 is 0 Å². The molecule has 2 heterocycles. The van der Waals surface area contributed by atoms with E-state index < -0.39 is 0 Å². The minimum Gasteiger partial charge on any atom is -0.326 e. The first-order chi connectivity index (χ1) is 10.1. The van der Waals surface area contributed by atoms with Crippen molar-refractivity contribution in [3.63, 3.8) is 0 Å². The lowest BCUT2D eigenvalue weighted by Gasteiger charge is -2.28. The van der Waals surface area contributed by atoms with Crippen LogP contribution in [0.1, 0.15) is 57.4 Å². The second-order valence-corrected chi connectivity index (χ2v) is 7.01. The third kappa shape index (κ3) is 4.23. The van der Waals surface area contributed by atoms with Crippen molar-refractivity contribution in [1.82, 2.24) is 5.32 Å². The van der Waals surface area contributed by atoms with E-state index in [4.69, 9.17) is 0 Å². The van der Waals surface area contributed by atoms with Crippen molar-refractivity contribution in [2.45, 2.75) is 64.0 Å². The van der Waals surface area contributed by atoms with Crippen LogP contribution in [0, 0.1) is 5.92 Å². The van der Waals surface area contributed by atoms with E-state index in [1.165, 1.54) is 18.4 Å². The molecule has 2 bridgehead atoms. The summed E-state index contributed by atoms with van der Waals surface area (Å²) >= 11 is 0. The second-order valence-electron chi connectivity index (χ2n) is 7.01. The van der Waals surface area contributed by atoms with Gasteiger partial charge in [0.2, 0.25) is 5.91 Å². The summed E-state index contributed by atoms with van der Waals surface area (Å²) in [6, 6.07) is 9.53. The van der Waals surface area contributed by atoms with Crippen LogP contribution in [0.15, 0.2) is 24.3 Å². The number of nitrogens with one attached hydrogen (secondary N) is 2. The summed E-state index contributed by atoms with van der Waals surface area (Å²) in [6.07, 6.45) is 5.57. The van der Waals surface area contributed by atoms with Crippen molar-refractivity contribution < 1.29 is 4.79 Å². The van der Waals surface area contributed by atoms with Gasteiger partial charge in [-0.2, -0.15) is 0 Å². The molecule has 0 spiro atoms. The lowest BCUT2D eigenvalue weighted by atomic mass is 9.89. The molecule has 0 aromatic heterocycles. The van der Waals surface area contributed by atoms with E-state index in [9.17, 15) is 4.79 Å². The van der Waals surface area contributed by atoms with E-state index >= 15 is 0 Å². The van der Waals surface area contributed by atoms with Crippen molar-refractivity contribution in [3.05, 3.63) is 29.8 Å². The second kappa shape index (κ2) is 7.47. The molecule has 3 rings (SSSR count). The third-order valence-corrected chi connectivity index (χ3v) is 4.88. The summed E-state index contributed by atoms with van der Waals surface area (Å²) < 4.78 is 0. The minimum atomic E-state index is 0. The van der Waals surface area contributed by atoms with E-state index in [2.05, 4.69) is 36.6 Å². The Kier molecular flexibility index (Phi) is 5.87. The number of carbonyl (C=O) groups is 1. The fourth-order valence-electron chi connectivity index (χ4n) is 3.79. The number of hydrogen-bond acceptors (Lipinski definition) is 2. The molecule has 4 heteroatoms. The van der Waals surface area contributed by atoms with Gasteiger partial charge in [0.1, 0.15) is 0 Å². The largest absolute Gasteiger partial charge is 0.326 e. The van der Waals surface area contributed by atoms with E-state index in [-0.39, 0.29) is 18.3 Å². The fraction of sp³-hybridized carbons (Fsp3) is 0.611. The number of benzene rings is 1. The lowest BCUT2D eigenvalue weighted by Crippen LogP contribution is -2.39. The molecule has 122 valence electrons. The summed E-state index contributed by atoms with van der Waals surface area (Å²) in [5.41, 5.74) is 2.20. The summed E-state index contributed by atoms with van der Waals surface area (Å²) in [6.45, 7) is 4.34. The molecule has 2 saturated heterocycles. The molecule has 0 saturated carbocycles. The van der Waals surface area contributed by atoms with Gasteiger partial charge in [-0.05, 0) is 55.2 Å². The Hall–Kier alpha value is -1.06. The van der Waals surface area contributed by atoms with Crippen LogP contribution in [0.25, 0.3) is 0 Å². The highest BCUT2D eigenvalue weighted by Crippen LogP contribution is 2.32. The van der Waals surface area contributed by atoms with Gasteiger partial charge in [0.25, 0.3) is 0 Å². The fourth-order valence-corrected chi connectivity index (χ4v) is 3.79. The van der Waals surface area contributed by atoms with Crippen LogP contribution >= 0.6 is 12.4 Å². The average molecular weight is 323 g/mol. The summed E-state index contributed by atoms with van der Waals surface area (Å²) in [4.78, 5) is 12.3. The molecule has 2 aliphatic rings. The summed E-state index contributed by atoms with van der Waals surface area (Å²) in [5.74, 6) is 1.21. The Bertz CT molecular complexity index is 506. The highest BCUT2D eigenvalue weighted by atomic mass is 35.5. The molecule has 0 radical (unpaired) electrons. The molecule has 2 N–H and O–H groups in total. The van der Waals surface area contributed by atoms with E-state index in [1.807, 2.05) is 12.1 Å². The minimum absolute atomic E-state index is 0. The predicted octanol–water partition coefficient (Wildman–Crippen LogP) is 4.09. The SMILES string of the molecule is CC(C)c1cccc(NC(=O)CC2CC3CCC(C2)N3)c1.Cl. The molecular weight excluding hydrogens is 296 g/mol. The van der Waals surface area contributed by atoms with Gasteiger partial charge in [0.15, 0.2) is 0 Å². The van der Waals surface area contributed by atoms with Crippen molar-refractivity contribution >= 4 is 24.0 Å². The Balaban J connectivity index is 0.00000176. The molecule has 1 aromatic carbocycles. The highest BCUT2D eigenvalue weighted by molar-refractivity contribution is 5.90. The Morgan fingerprint density at radius 2 is 1.95 bits per heavy atom. The van der Waals surface area contributed by atoms with Crippen LogP contribution in [0.4, 0.5) is 5.69 Å². The maximum Gasteiger partial charge on any atom is 0.224 e. The zero-order chi connectivity index (χ0) is 14.8. The maximum atomic E-state index is 12.3. The number of anilines is 1. The Morgan fingerprint density at radius 1 is 1.27 bits per heavy atom. The topological polar surface area (TPSA) is 41.1 Å². The van der Waals surface area contributed by atoms with Crippen LogP contribution in [0.5, 0.6) is 0 Å². The first kappa shape index (κ1) is 17.3. The van der Waals surface area contributed by atoms with Gasteiger partial charge in [-0.1, -0.05) is 26.0 Å². The number of carbonyl (C=O) groups excluding carboxylic acids is 1. The monoisotopic (exact) mass is 322 g/mol. The third-order valence-electron chi connectivity index (χ3n) is 4.88. The zero-order valence-electron chi connectivity index (χ0n) is 13.5. The van der Waals surface area contributed by atoms with Gasteiger partial charge in [-0.3, -0.25) is 4.79 Å². The van der Waals surface area contributed by atoms with Gasteiger partial charge in [-0.15, -0.1) is 12.4 Å². The summed E-state index contributed by atoms with van der Waals surface area (Å²) in [5, 5.41) is 6.71. The van der Waals surface area contributed by atoms with E-state index in [0.717, 1.165) is 18.5 Å². The molecule has 3 nitrogen and oxygen atoms in total. The molecule has 1 amide bonds. The van der Waals surface area contributed by atoms with Crippen LogP contribution in [0.3, 0.4) is 0 Å². The number of piperidine rings is 1. The van der Waals surface area contributed by atoms with Gasteiger partial charge in [0, 0.05) is 24.2 Å². The van der Waals surface area contributed by atoms with Crippen molar-refractivity contribution in [2.24, 2.45) is 5.92 Å². The standard InChI is InChI=1S/C18H26N2O.ClH/c1-12(2)14-4-3-5-15(11-14)20-18(21)10-13-8-16-6-7-17(9-13)19-16;/h3-5,11-13,16-17,19H,6-10H2,1-2H3,(H,20,21);1H. The molecule has 0 aliphatic carbocycles. The first-order valence-corrected chi connectivity index (χ1v) is 8.26. The van der Waals surface area contributed by atoms with Crippen LogP contribution in [-0.2, 0) is 4.79 Å². The van der Waals surface area contributed by atoms with Gasteiger partial charge < -0.3 is 10.6 Å². The number of amides is 1. The van der Waals surface area contributed by atoms with Crippen molar-refractivity contribution in [3.8, 4) is 0 Å². The van der Waals surface area contributed by atoms with Gasteiger partial charge in [0.05, 0.1) is 0 Å². The van der Waals surface area contributed by atoms with E-state index in [1.54, 1.807) is 0 Å². The molecule has 2 fully saturated rings. The number of hydrogen-bond donors (Lipinski definition) is 2. The molecular formula is C18H27ClN2O. The van der Waals surface area contributed by atoms with Crippen molar-refractivity contribution in [2.75, 3.05) is 5.32 Å². The molecule has 1 aromatic rings. The predicted molar refractivity (Wildman–Crippen MR) is 93.7 cm³/mol. The molecule has 22 heavy (non-hydrogen) atoms. The molecule has 2 unspecified atom stereocenters. The van der Waals surface area contributed by atoms with E-state index in [0.29, 0.717) is 30.3 Å². The Labute approximate surface area is 139 Å². The molecule has 2 aliphatic heterocycles. The Morgan fingerprint density at radius 3 is 2.59 bits per heavy atom. The van der Waals surface area contributed by atoms with Gasteiger partial charge in [-0.25, -0.2) is 0 Å². The maximum absolute atomic E-state index is 12.3. The normalized spacial score (nSPS) is 26.6. The number of halogens is 1. The average Bonchev–Trinajstić information content (AvgIpc) is 2.78. The summed E-state index contributed by atoms with van der Waals surface area (Å²) in [7, 11) is 0. The highest BCUT2D eigenvalue weighted by Gasteiger charge is 2.34. The van der Waals surface area contributed by atoms with Crippen molar-refractivity contribution in [1.29, 1.82) is 0 Å². The zero-order valence-corrected chi connectivity index (χ0v) is 14.3.